The fraction of sp³-hybridized carbons (Fsp3) is 0.435. The quantitative estimate of drug-likeness (QED) is 0.679. The smallest absolute Gasteiger partial charge is 0.263 e. The molecule has 158 valence electrons. The van der Waals surface area contributed by atoms with Crippen molar-refractivity contribution in [3.05, 3.63) is 55.9 Å². The molecular formula is C23H28N4O2S. The Hall–Kier alpha value is -2.51. The van der Waals surface area contributed by atoms with Gasteiger partial charge in [0.05, 0.1) is 11.9 Å². The number of aromatic nitrogens is 2. The van der Waals surface area contributed by atoms with E-state index in [0.717, 1.165) is 58.3 Å². The van der Waals surface area contributed by atoms with Gasteiger partial charge in [-0.1, -0.05) is 17.7 Å². The maximum Gasteiger partial charge on any atom is 0.263 e. The molecule has 7 heteroatoms. The van der Waals surface area contributed by atoms with Gasteiger partial charge in [-0.2, -0.15) is 0 Å². The molecule has 0 radical (unpaired) electrons. The first kappa shape index (κ1) is 20.8. The number of anilines is 1. The molecule has 1 aliphatic carbocycles. The Bertz CT molecular complexity index is 1180. The van der Waals surface area contributed by atoms with E-state index < -0.39 is 0 Å². The van der Waals surface area contributed by atoms with Gasteiger partial charge in [0, 0.05) is 10.6 Å². The lowest BCUT2D eigenvalue weighted by Crippen LogP contribution is -2.33. The number of carbonyl (C=O) groups is 1. The minimum Gasteiger partial charge on any atom is -0.324 e. The average Bonchev–Trinajstić information content (AvgIpc) is 3.05. The largest absolute Gasteiger partial charge is 0.324 e. The second-order valence-electron chi connectivity index (χ2n) is 8.41. The highest BCUT2D eigenvalue weighted by Gasteiger charge is 2.23. The number of nitrogens with zero attached hydrogens (tertiary/aromatic N) is 3. The molecule has 0 unspecified atom stereocenters. The van der Waals surface area contributed by atoms with Crippen molar-refractivity contribution >= 4 is 33.1 Å². The second-order valence-corrected chi connectivity index (χ2v) is 9.50. The Morgan fingerprint density at radius 1 is 1.23 bits per heavy atom. The Balaban J connectivity index is 1.73. The number of aryl methyl sites for hydroxylation is 4. The average molecular weight is 425 g/mol. The highest BCUT2D eigenvalue weighted by Crippen LogP contribution is 2.33. The lowest BCUT2D eigenvalue weighted by Gasteiger charge is -2.17. The van der Waals surface area contributed by atoms with Crippen LogP contribution >= 0.6 is 11.3 Å². The summed E-state index contributed by atoms with van der Waals surface area (Å²) in [4.78, 5) is 35.3. The third kappa shape index (κ3) is 4.04. The first-order valence-corrected chi connectivity index (χ1v) is 11.2. The van der Waals surface area contributed by atoms with Gasteiger partial charge >= 0.3 is 0 Å². The van der Waals surface area contributed by atoms with Gasteiger partial charge < -0.3 is 10.2 Å². The minimum atomic E-state index is -0.214. The first-order chi connectivity index (χ1) is 14.3. The molecule has 0 fully saturated rings. The number of amides is 1. The van der Waals surface area contributed by atoms with E-state index in [0.29, 0.717) is 12.4 Å². The molecule has 3 aromatic rings. The molecule has 0 aliphatic heterocycles. The Morgan fingerprint density at radius 2 is 2.00 bits per heavy atom. The number of rotatable bonds is 5. The zero-order valence-electron chi connectivity index (χ0n) is 18.0. The number of fused-ring (bicyclic) bond motifs is 3. The van der Waals surface area contributed by atoms with Crippen molar-refractivity contribution in [3.63, 3.8) is 0 Å². The van der Waals surface area contributed by atoms with Crippen molar-refractivity contribution < 1.29 is 4.79 Å². The van der Waals surface area contributed by atoms with E-state index in [1.807, 2.05) is 51.0 Å². The highest BCUT2D eigenvalue weighted by atomic mass is 32.1. The molecule has 1 N–H and O–H groups in total. The van der Waals surface area contributed by atoms with Gasteiger partial charge in [0.2, 0.25) is 5.91 Å². The topological polar surface area (TPSA) is 67.2 Å². The molecule has 0 atom stereocenters. The summed E-state index contributed by atoms with van der Waals surface area (Å²) in [6, 6.07) is 5.91. The molecule has 1 aliphatic rings. The molecule has 4 rings (SSSR count). The van der Waals surface area contributed by atoms with Crippen molar-refractivity contribution in [1.82, 2.24) is 14.5 Å². The maximum atomic E-state index is 13.5. The Kier molecular flexibility index (Phi) is 5.75. The molecule has 6 nitrogen and oxygen atoms in total. The number of hydrogen-bond donors (Lipinski definition) is 1. The zero-order chi connectivity index (χ0) is 21.4. The van der Waals surface area contributed by atoms with Gasteiger partial charge in [0.15, 0.2) is 0 Å². The number of nitrogens with one attached hydrogen (secondary N) is 1. The molecule has 0 spiro atoms. The molecule has 1 aromatic carbocycles. The van der Waals surface area contributed by atoms with Gasteiger partial charge in [-0.25, -0.2) is 4.98 Å². The molecule has 0 saturated heterocycles. The summed E-state index contributed by atoms with van der Waals surface area (Å²) in [5, 5.41) is 3.68. The first-order valence-electron chi connectivity index (χ1n) is 10.4. The summed E-state index contributed by atoms with van der Waals surface area (Å²) in [5.41, 5.74) is 3.98. The third-order valence-corrected chi connectivity index (χ3v) is 6.75. The zero-order valence-corrected chi connectivity index (χ0v) is 18.9. The molecule has 0 saturated carbocycles. The normalized spacial score (nSPS) is 13.6. The van der Waals surface area contributed by atoms with Crippen molar-refractivity contribution in [3.8, 4) is 0 Å². The van der Waals surface area contributed by atoms with E-state index in [1.54, 1.807) is 15.9 Å². The fourth-order valence-electron chi connectivity index (χ4n) is 4.13. The van der Waals surface area contributed by atoms with Crippen LogP contribution < -0.4 is 10.9 Å². The Morgan fingerprint density at radius 3 is 2.73 bits per heavy atom. The van der Waals surface area contributed by atoms with Gasteiger partial charge in [-0.15, -0.1) is 11.3 Å². The van der Waals surface area contributed by atoms with Crippen LogP contribution in [-0.4, -0.2) is 34.5 Å². The van der Waals surface area contributed by atoms with Gasteiger partial charge in [-0.3, -0.25) is 14.2 Å². The van der Waals surface area contributed by atoms with Crippen LogP contribution in [0.25, 0.3) is 10.2 Å². The summed E-state index contributed by atoms with van der Waals surface area (Å²) in [6.45, 7) is 4.46. The molecule has 2 heterocycles. The predicted molar refractivity (Wildman–Crippen MR) is 122 cm³/mol. The number of hydrogen-bond acceptors (Lipinski definition) is 5. The van der Waals surface area contributed by atoms with E-state index in [-0.39, 0.29) is 18.0 Å². The molecule has 30 heavy (non-hydrogen) atoms. The fourth-order valence-corrected chi connectivity index (χ4v) is 5.41. The second kappa shape index (κ2) is 8.32. The van der Waals surface area contributed by atoms with Crippen molar-refractivity contribution in [1.29, 1.82) is 0 Å². The number of thiophene rings is 1. The Labute approximate surface area is 180 Å². The van der Waals surface area contributed by atoms with Crippen LogP contribution in [0.1, 0.15) is 40.2 Å². The maximum absolute atomic E-state index is 13.5. The molecule has 0 bridgehead atoms. The van der Waals surface area contributed by atoms with Crippen LogP contribution in [0, 0.1) is 13.8 Å². The van der Waals surface area contributed by atoms with Crippen molar-refractivity contribution in [2.45, 2.75) is 52.6 Å². The van der Waals surface area contributed by atoms with Crippen molar-refractivity contribution in [2.24, 2.45) is 0 Å². The van der Waals surface area contributed by atoms with Gasteiger partial charge in [-0.05, 0) is 70.8 Å². The van der Waals surface area contributed by atoms with Crippen LogP contribution in [0.4, 0.5) is 5.69 Å². The van der Waals surface area contributed by atoms with Crippen LogP contribution in [-0.2, 0) is 30.7 Å². The minimum absolute atomic E-state index is 0.0388. The lowest BCUT2D eigenvalue weighted by molar-refractivity contribution is -0.116. The number of carbonyl (C=O) groups excluding carboxylic acids is 1. The van der Waals surface area contributed by atoms with E-state index in [9.17, 15) is 9.59 Å². The monoisotopic (exact) mass is 424 g/mol. The van der Waals surface area contributed by atoms with Crippen molar-refractivity contribution in [2.75, 3.05) is 19.4 Å². The lowest BCUT2D eigenvalue weighted by atomic mass is 9.97. The molecule has 1 amide bonds. The van der Waals surface area contributed by atoms with Crippen LogP contribution in [0.3, 0.4) is 0 Å². The van der Waals surface area contributed by atoms with Crippen LogP contribution in [0.5, 0.6) is 0 Å². The van der Waals surface area contributed by atoms with E-state index in [4.69, 9.17) is 4.98 Å². The number of benzene rings is 1. The van der Waals surface area contributed by atoms with E-state index in [2.05, 4.69) is 5.32 Å². The van der Waals surface area contributed by atoms with Crippen LogP contribution in [0.2, 0.25) is 0 Å². The van der Waals surface area contributed by atoms with Gasteiger partial charge in [0.25, 0.3) is 5.56 Å². The van der Waals surface area contributed by atoms with E-state index >= 15 is 0 Å². The third-order valence-electron chi connectivity index (χ3n) is 5.57. The SMILES string of the molecule is Cc1ccc(NC(=O)Cn2c(CN(C)C)nc3sc4c(c3c2=O)CCCC4)c(C)c1. The summed E-state index contributed by atoms with van der Waals surface area (Å²) < 4.78 is 1.56. The van der Waals surface area contributed by atoms with Crippen LogP contribution in [0.15, 0.2) is 23.0 Å². The standard InChI is InChI=1S/C23H28N4O2S/c1-14-9-10-17(15(2)11-14)24-20(28)13-27-19(12-26(3)4)25-22-21(23(27)29)16-7-5-6-8-18(16)30-22/h9-11H,5-8,12-13H2,1-4H3,(H,24,28). The van der Waals surface area contributed by atoms with Gasteiger partial charge in [0.1, 0.15) is 17.2 Å². The molecular weight excluding hydrogens is 396 g/mol. The van der Waals surface area contributed by atoms with E-state index in [1.165, 1.54) is 4.88 Å². The summed E-state index contributed by atoms with van der Waals surface area (Å²) in [6.07, 6.45) is 4.21. The highest BCUT2D eigenvalue weighted by molar-refractivity contribution is 7.18. The predicted octanol–water partition coefficient (Wildman–Crippen LogP) is 3.65. The summed E-state index contributed by atoms with van der Waals surface area (Å²) >= 11 is 1.65. The summed E-state index contributed by atoms with van der Waals surface area (Å²) in [7, 11) is 3.88. The molecule has 2 aromatic heterocycles. The summed E-state index contributed by atoms with van der Waals surface area (Å²) in [5.74, 6) is 0.418.